The molecule has 1 aliphatic rings. The first-order valence-electron chi connectivity index (χ1n) is 6.61. The van der Waals surface area contributed by atoms with Crippen LogP contribution in [0.2, 0.25) is 5.02 Å². The van der Waals surface area contributed by atoms with Gasteiger partial charge in [0.15, 0.2) is 0 Å². The van der Waals surface area contributed by atoms with Crippen molar-refractivity contribution in [2.45, 2.75) is 38.5 Å². The van der Waals surface area contributed by atoms with Gasteiger partial charge in [0, 0.05) is 22.2 Å². The molecule has 0 saturated heterocycles. The molecule has 0 amide bonds. The van der Waals surface area contributed by atoms with E-state index >= 15 is 0 Å². The maximum Gasteiger partial charge on any atom is 0.433 e. The third-order valence-electron chi connectivity index (χ3n) is 2.85. The summed E-state index contributed by atoms with van der Waals surface area (Å²) in [5, 5.41) is 10.0. The number of alkyl halides is 3. The van der Waals surface area contributed by atoms with Crippen molar-refractivity contribution >= 4 is 17.3 Å². The van der Waals surface area contributed by atoms with Crippen LogP contribution in [-0.2, 0) is 5.60 Å². The Morgan fingerprint density at radius 2 is 1.86 bits per heavy atom. The SMILES string of the molecule is CC.Nc1ccc(Cl)cc1C(O)(C#CC1CC1)C(F)(F)F. The van der Waals surface area contributed by atoms with Gasteiger partial charge in [0.05, 0.1) is 0 Å². The Morgan fingerprint density at radius 1 is 1.29 bits per heavy atom. The van der Waals surface area contributed by atoms with Crippen molar-refractivity contribution in [3.8, 4) is 11.8 Å². The van der Waals surface area contributed by atoms with Crippen molar-refractivity contribution in [2.24, 2.45) is 5.92 Å². The van der Waals surface area contributed by atoms with Crippen molar-refractivity contribution < 1.29 is 18.3 Å². The molecule has 1 unspecified atom stereocenters. The lowest BCUT2D eigenvalue weighted by Crippen LogP contribution is -2.41. The Bertz CT molecular complexity index is 558. The number of aliphatic hydroxyl groups is 1. The summed E-state index contributed by atoms with van der Waals surface area (Å²) < 4.78 is 39.4. The molecule has 1 aromatic carbocycles. The maximum atomic E-state index is 13.1. The Kier molecular flexibility index (Phi) is 5.54. The van der Waals surface area contributed by atoms with E-state index in [1.54, 1.807) is 0 Å². The van der Waals surface area contributed by atoms with Crippen molar-refractivity contribution in [1.29, 1.82) is 0 Å². The van der Waals surface area contributed by atoms with Gasteiger partial charge in [0.1, 0.15) is 0 Å². The predicted molar refractivity (Wildman–Crippen MR) is 77.7 cm³/mol. The second-order valence-corrected chi connectivity index (χ2v) is 4.92. The highest BCUT2D eigenvalue weighted by atomic mass is 35.5. The lowest BCUT2D eigenvalue weighted by Gasteiger charge is -2.27. The summed E-state index contributed by atoms with van der Waals surface area (Å²) in [5.41, 5.74) is 1.49. The average Bonchev–Trinajstić information content (AvgIpc) is 3.24. The number of hydrogen-bond donors (Lipinski definition) is 2. The largest absolute Gasteiger partial charge is 0.433 e. The van der Waals surface area contributed by atoms with Gasteiger partial charge >= 0.3 is 6.18 Å². The normalized spacial score (nSPS) is 16.9. The van der Waals surface area contributed by atoms with Crippen LogP contribution < -0.4 is 5.73 Å². The molecular weight excluding hydrogens is 303 g/mol. The van der Waals surface area contributed by atoms with E-state index in [0.717, 1.165) is 18.9 Å². The summed E-state index contributed by atoms with van der Waals surface area (Å²) in [7, 11) is 0. The van der Waals surface area contributed by atoms with Crippen LogP contribution in [0.25, 0.3) is 0 Å². The number of halogens is 4. The minimum atomic E-state index is -4.95. The van der Waals surface area contributed by atoms with Crippen LogP contribution in [0.4, 0.5) is 18.9 Å². The van der Waals surface area contributed by atoms with Gasteiger partial charge in [-0.3, -0.25) is 0 Å². The van der Waals surface area contributed by atoms with E-state index < -0.39 is 17.3 Å². The van der Waals surface area contributed by atoms with E-state index in [2.05, 4.69) is 5.92 Å². The molecule has 21 heavy (non-hydrogen) atoms. The van der Waals surface area contributed by atoms with E-state index in [4.69, 9.17) is 17.3 Å². The Hall–Kier alpha value is -1.38. The predicted octanol–water partition coefficient (Wildman–Crippen LogP) is 4.11. The average molecular weight is 320 g/mol. The van der Waals surface area contributed by atoms with E-state index in [0.29, 0.717) is 0 Å². The molecule has 1 fully saturated rings. The molecule has 0 heterocycles. The van der Waals surface area contributed by atoms with Crippen molar-refractivity contribution in [1.82, 2.24) is 0 Å². The molecule has 0 aliphatic heterocycles. The molecule has 1 atom stereocenters. The molecule has 2 nitrogen and oxygen atoms in total. The summed E-state index contributed by atoms with van der Waals surface area (Å²) in [6.07, 6.45) is -3.44. The molecule has 1 aromatic rings. The third-order valence-corrected chi connectivity index (χ3v) is 3.09. The van der Waals surface area contributed by atoms with Crippen molar-refractivity contribution in [3.05, 3.63) is 28.8 Å². The molecule has 0 aromatic heterocycles. The lowest BCUT2D eigenvalue weighted by atomic mass is 9.92. The summed E-state index contributed by atoms with van der Waals surface area (Å²) in [4.78, 5) is 0. The Morgan fingerprint density at radius 3 is 2.33 bits per heavy atom. The first kappa shape index (κ1) is 17.7. The molecule has 0 radical (unpaired) electrons. The molecule has 0 spiro atoms. The number of hydrogen-bond acceptors (Lipinski definition) is 2. The summed E-state index contributed by atoms with van der Waals surface area (Å²) in [6, 6.07) is 3.56. The fourth-order valence-electron chi connectivity index (χ4n) is 1.57. The van der Waals surface area contributed by atoms with Gasteiger partial charge in [-0.15, -0.1) is 0 Å². The van der Waals surface area contributed by atoms with Gasteiger partial charge in [-0.1, -0.05) is 37.3 Å². The van der Waals surface area contributed by atoms with Gasteiger partial charge in [-0.2, -0.15) is 13.2 Å². The fourth-order valence-corrected chi connectivity index (χ4v) is 1.74. The van der Waals surface area contributed by atoms with Gasteiger partial charge in [-0.25, -0.2) is 0 Å². The van der Waals surface area contributed by atoms with Crippen LogP contribution >= 0.6 is 11.6 Å². The van der Waals surface area contributed by atoms with Crippen LogP contribution in [0.1, 0.15) is 32.3 Å². The molecule has 1 aliphatic carbocycles. The first-order valence-corrected chi connectivity index (χ1v) is 6.99. The molecular formula is C15H17ClF3NO. The zero-order chi connectivity index (χ0) is 16.3. The highest BCUT2D eigenvalue weighted by Gasteiger charge is 2.55. The van der Waals surface area contributed by atoms with E-state index in [1.165, 1.54) is 12.1 Å². The van der Waals surface area contributed by atoms with Gasteiger partial charge < -0.3 is 10.8 Å². The van der Waals surface area contributed by atoms with Crippen LogP contribution in [0.15, 0.2) is 18.2 Å². The summed E-state index contributed by atoms with van der Waals surface area (Å²) >= 11 is 5.67. The van der Waals surface area contributed by atoms with E-state index in [1.807, 2.05) is 19.8 Å². The molecule has 3 N–H and O–H groups in total. The minimum absolute atomic E-state index is 0.0556. The first-order chi connectivity index (χ1) is 9.74. The number of anilines is 1. The molecule has 1 saturated carbocycles. The summed E-state index contributed by atoms with van der Waals surface area (Å²) in [5.74, 6) is 4.28. The fraction of sp³-hybridized carbons (Fsp3) is 0.467. The van der Waals surface area contributed by atoms with E-state index in [-0.39, 0.29) is 16.6 Å². The van der Waals surface area contributed by atoms with Crippen LogP contribution in [0.3, 0.4) is 0 Å². The van der Waals surface area contributed by atoms with Crippen molar-refractivity contribution in [3.63, 3.8) is 0 Å². The molecule has 0 bridgehead atoms. The summed E-state index contributed by atoms with van der Waals surface area (Å²) in [6.45, 7) is 4.00. The Labute approximate surface area is 127 Å². The van der Waals surface area contributed by atoms with Gasteiger partial charge in [0.25, 0.3) is 0 Å². The molecule has 2 rings (SSSR count). The number of rotatable bonds is 1. The standard InChI is InChI=1S/C13H11ClF3NO.C2H6/c14-9-3-4-11(18)10(7-9)12(19,13(15,16)17)6-5-8-1-2-8;1-2/h3-4,7-8,19H,1-2,18H2;1-2H3. The topological polar surface area (TPSA) is 46.2 Å². The zero-order valence-corrected chi connectivity index (χ0v) is 12.5. The number of benzene rings is 1. The van der Waals surface area contributed by atoms with Crippen molar-refractivity contribution in [2.75, 3.05) is 5.73 Å². The van der Waals surface area contributed by atoms with Crippen LogP contribution in [0, 0.1) is 17.8 Å². The van der Waals surface area contributed by atoms with Gasteiger partial charge in [-0.05, 0) is 31.0 Å². The van der Waals surface area contributed by atoms with Crippen LogP contribution in [-0.4, -0.2) is 11.3 Å². The monoisotopic (exact) mass is 319 g/mol. The number of nitrogens with two attached hydrogens (primary N) is 1. The molecule has 116 valence electrons. The van der Waals surface area contributed by atoms with Crippen LogP contribution in [0.5, 0.6) is 0 Å². The quantitative estimate of drug-likeness (QED) is 0.604. The highest BCUT2D eigenvalue weighted by molar-refractivity contribution is 6.30. The zero-order valence-electron chi connectivity index (χ0n) is 11.8. The number of nitrogen functional groups attached to an aromatic ring is 1. The second kappa shape index (κ2) is 6.59. The maximum absolute atomic E-state index is 13.1. The third kappa shape index (κ3) is 4.05. The minimum Gasteiger partial charge on any atom is -0.398 e. The van der Waals surface area contributed by atoms with Gasteiger partial charge in [0.2, 0.25) is 5.60 Å². The highest BCUT2D eigenvalue weighted by Crippen LogP contribution is 2.42. The molecule has 6 heteroatoms. The van der Waals surface area contributed by atoms with E-state index in [9.17, 15) is 18.3 Å². The Balaban J connectivity index is 0.00000106. The smallest absolute Gasteiger partial charge is 0.398 e. The lowest BCUT2D eigenvalue weighted by molar-refractivity contribution is -0.240. The second-order valence-electron chi connectivity index (χ2n) is 4.48.